The maximum Gasteiger partial charge on any atom is 0.251 e. The predicted octanol–water partition coefficient (Wildman–Crippen LogP) is 3.95. The second-order valence-electron chi connectivity index (χ2n) is 5.78. The first-order chi connectivity index (χ1) is 8.84. The molecule has 0 atom stereocenters. The highest BCUT2D eigenvalue weighted by atomic mass is 35.5. The summed E-state index contributed by atoms with van der Waals surface area (Å²) in [6, 6.07) is 3.44. The van der Waals surface area contributed by atoms with Crippen LogP contribution in [0.4, 0.5) is 0 Å². The lowest BCUT2D eigenvalue weighted by Gasteiger charge is -2.18. The third-order valence-corrected chi connectivity index (χ3v) is 3.08. The van der Waals surface area contributed by atoms with E-state index >= 15 is 0 Å². The smallest absolute Gasteiger partial charge is 0.251 e. The van der Waals surface area contributed by atoms with Crippen LogP contribution < -0.4 is 5.32 Å². The fourth-order valence-electron chi connectivity index (χ4n) is 1.69. The highest BCUT2D eigenvalue weighted by molar-refractivity contribution is 6.29. The maximum atomic E-state index is 12.0. The first-order valence-corrected chi connectivity index (χ1v) is 7.18. The first-order valence-electron chi connectivity index (χ1n) is 6.81. The molecule has 0 aliphatic rings. The standard InChI is InChI=1S/C15H23ClN2O/c1-5-6-7-8-17-14(19)11-9-12(15(2,3)4)18-13(16)10-11/h9-10H,5-8H2,1-4H3,(H,17,19). The van der Waals surface area contributed by atoms with Gasteiger partial charge in [0, 0.05) is 23.2 Å². The minimum absolute atomic E-state index is 0.0779. The molecule has 1 heterocycles. The van der Waals surface area contributed by atoms with Gasteiger partial charge in [-0.1, -0.05) is 52.1 Å². The van der Waals surface area contributed by atoms with E-state index in [4.69, 9.17) is 11.6 Å². The van der Waals surface area contributed by atoms with Gasteiger partial charge in [0.2, 0.25) is 0 Å². The highest BCUT2D eigenvalue weighted by Crippen LogP contribution is 2.23. The Morgan fingerprint density at radius 1 is 1.32 bits per heavy atom. The van der Waals surface area contributed by atoms with Gasteiger partial charge in [-0.25, -0.2) is 4.98 Å². The van der Waals surface area contributed by atoms with Gasteiger partial charge in [0.1, 0.15) is 5.15 Å². The number of nitrogens with zero attached hydrogens (tertiary/aromatic N) is 1. The van der Waals surface area contributed by atoms with Gasteiger partial charge in [-0.05, 0) is 18.6 Å². The molecule has 1 aromatic rings. The Morgan fingerprint density at radius 2 is 2.00 bits per heavy atom. The molecule has 19 heavy (non-hydrogen) atoms. The number of unbranched alkanes of at least 4 members (excludes halogenated alkanes) is 2. The molecule has 1 N–H and O–H groups in total. The fourth-order valence-corrected chi connectivity index (χ4v) is 1.90. The topological polar surface area (TPSA) is 42.0 Å². The van der Waals surface area contributed by atoms with E-state index in [1.807, 2.05) is 6.07 Å². The molecule has 1 aromatic heterocycles. The summed E-state index contributed by atoms with van der Waals surface area (Å²) in [7, 11) is 0. The van der Waals surface area contributed by atoms with Crippen molar-refractivity contribution in [3.63, 3.8) is 0 Å². The number of hydrogen-bond acceptors (Lipinski definition) is 2. The van der Waals surface area contributed by atoms with Crippen LogP contribution in [0.2, 0.25) is 5.15 Å². The molecule has 4 heteroatoms. The van der Waals surface area contributed by atoms with E-state index < -0.39 is 0 Å². The molecule has 0 fully saturated rings. The molecule has 1 rings (SSSR count). The Morgan fingerprint density at radius 3 is 2.58 bits per heavy atom. The quantitative estimate of drug-likeness (QED) is 0.656. The third-order valence-electron chi connectivity index (χ3n) is 2.89. The van der Waals surface area contributed by atoms with Crippen LogP contribution >= 0.6 is 11.6 Å². The van der Waals surface area contributed by atoms with Gasteiger partial charge in [0.05, 0.1) is 0 Å². The second-order valence-corrected chi connectivity index (χ2v) is 6.16. The normalized spacial score (nSPS) is 11.4. The van der Waals surface area contributed by atoms with Crippen molar-refractivity contribution in [1.29, 1.82) is 0 Å². The minimum atomic E-state index is -0.123. The molecule has 0 unspecified atom stereocenters. The molecular formula is C15H23ClN2O. The number of pyridine rings is 1. The zero-order valence-electron chi connectivity index (χ0n) is 12.2. The number of hydrogen-bond donors (Lipinski definition) is 1. The van der Waals surface area contributed by atoms with E-state index in [2.05, 4.69) is 38.0 Å². The Balaban J connectivity index is 2.77. The maximum absolute atomic E-state index is 12.0. The molecular weight excluding hydrogens is 260 g/mol. The van der Waals surface area contributed by atoms with Crippen LogP contribution in [-0.2, 0) is 5.41 Å². The number of carbonyl (C=O) groups excluding carboxylic acids is 1. The van der Waals surface area contributed by atoms with Gasteiger partial charge >= 0.3 is 0 Å². The van der Waals surface area contributed by atoms with E-state index in [0.717, 1.165) is 25.0 Å². The summed E-state index contributed by atoms with van der Waals surface area (Å²) in [4.78, 5) is 16.3. The van der Waals surface area contributed by atoms with E-state index in [1.165, 1.54) is 0 Å². The Kier molecular flexibility index (Phi) is 5.80. The molecule has 0 aliphatic carbocycles. The average molecular weight is 283 g/mol. The van der Waals surface area contributed by atoms with Crippen molar-refractivity contribution in [1.82, 2.24) is 10.3 Å². The van der Waals surface area contributed by atoms with Gasteiger partial charge in [0.25, 0.3) is 5.91 Å². The van der Waals surface area contributed by atoms with Crippen LogP contribution in [0.5, 0.6) is 0 Å². The predicted molar refractivity (Wildman–Crippen MR) is 79.8 cm³/mol. The van der Waals surface area contributed by atoms with Crippen LogP contribution in [0.25, 0.3) is 0 Å². The number of rotatable bonds is 5. The Bertz CT molecular complexity index is 438. The molecule has 106 valence electrons. The molecule has 0 saturated heterocycles. The van der Waals surface area contributed by atoms with Crippen molar-refractivity contribution >= 4 is 17.5 Å². The van der Waals surface area contributed by atoms with Crippen LogP contribution in [-0.4, -0.2) is 17.4 Å². The second kappa shape index (κ2) is 6.90. The SMILES string of the molecule is CCCCCNC(=O)c1cc(Cl)nc(C(C)(C)C)c1. The summed E-state index contributed by atoms with van der Waals surface area (Å²) in [5, 5.41) is 3.28. The molecule has 0 bridgehead atoms. The van der Waals surface area contributed by atoms with Gasteiger partial charge < -0.3 is 5.32 Å². The number of halogens is 1. The zero-order chi connectivity index (χ0) is 14.5. The van der Waals surface area contributed by atoms with E-state index in [0.29, 0.717) is 17.3 Å². The zero-order valence-corrected chi connectivity index (χ0v) is 13.0. The molecule has 3 nitrogen and oxygen atoms in total. The molecule has 0 saturated carbocycles. The van der Waals surface area contributed by atoms with E-state index in [-0.39, 0.29) is 11.3 Å². The largest absolute Gasteiger partial charge is 0.352 e. The average Bonchev–Trinajstić information content (AvgIpc) is 2.32. The van der Waals surface area contributed by atoms with Crippen molar-refractivity contribution in [2.45, 2.75) is 52.4 Å². The van der Waals surface area contributed by atoms with E-state index in [1.54, 1.807) is 6.07 Å². The monoisotopic (exact) mass is 282 g/mol. The van der Waals surface area contributed by atoms with Crippen molar-refractivity contribution in [3.05, 3.63) is 28.5 Å². The molecule has 0 radical (unpaired) electrons. The van der Waals surface area contributed by atoms with Gasteiger partial charge in [-0.2, -0.15) is 0 Å². The van der Waals surface area contributed by atoms with Crippen molar-refractivity contribution in [2.75, 3.05) is 6.54 Å². The third kappa shape index (κ3) is 5.19. The minimum Gasteiger partial charge on any atom is -0.352 e. The Hall–Kier alpha value is -1.09. The number of nitrogens with one attached hydrogen (secondary N) is 1. The van der Waals surface area contributed by atoms with Gasteiger partial charge in [0.15, 0.2) is 0 Å². The summed E-state index contributed by atoms with van der Waals surface area (Å²) >= 11 is 5.99. The van der Waals surface area contributed by atoms with Gasteiger partial charge in [-0.15, -0.1) is 0 Å². The van der Waals surface area contributed by atoms with Crippen LogP contribution in [0.15, 0.2) is 12.1 Å². The molecule has 0 spiro atoms. The van der Waals surface area contributed by atoms with Crippen molar-refractivity contribution in [3.8, 4) is 0 Å². The number of aromatic nitrogens is 1. The summed E-state index contributed by atoms with van der Waals surface area (Å²) in [6.07, 6.45) is 3.28. The molecule has 0 aliphatic heterocycles. The lowest BCUT2D eigenvalue weighted by Crippen LogP contribution is -2.25. The van der Waals surface area contributed by atoms with Gasteiger partial charge in [-0.3, -0.25) is 4.79 Å². The molecule has 0 aromatic carbocycles. The summed E-state index contributed by atoms with van der Waals surface area (Å²) < 4.78 is 0. The van der Waals surface area contributed by atoms with Crippen LogP contribution in [0.1, 0.15) is 63.0 Å². The highest BCUT2D eigenvalue weighted by Gasteiger charge is 2.18. The van der Waals surface area contributed by atoms with Crippen LogP contribution in [0, 0.1) is 0 Å². The summed E-state index contributed by atoms with van der Waals surface area (Å²) in [6.45, 7) is 9.00. The van der Waals surface area contributed by atoms with Crippen molar-refractivity contribution < 1.29 is 4.79 Å². The lowest BCUT2D eigenvalue weighted by molar-refractivity contribution is 0.0952. The lowest BCUT2D eigenvalue weighted by atomic mass is 9.91. The number of carbonyl (C=O) groups is 1. The first kappa shape index (κ1) is 16.0. The van der Waals surface area contributed by atoms with E-state index in [9.17, 15) is 4.79 Å². The van der Waals surface area contributed by atoms with Crippen molar-refractivity contribution in [2.24, 2.45) is 0 Å². The molecule has 1 amide bonds. The number of amides is 1. The summed E-state index contributed by atoms with van der Waals surface area (Å²) in [5.41, 5.74) is 1.29. The summed E-state index contributed by atoms with van der Waals surface area (Å²) in [5.74, 6) is -0.0779. The van der Waals surface area contributed by atoms with Crippen LogP contribution in [0.3, 0.4) is 0 Å². The fraction of sp³-hybridized carbons (Fsp3) is 0.600. The Labute approximate surface area is 120 Å².